The second-order valence-corrected chi connectivity index (χ2v) is 10.1. The third-order valence-electron chi connectivity index (χ3n) is 4.64. The molecule has 4 atom stereocenters. The Kier molecular flexibility index (Phi) is 8.81. The lowest BCUT2D eigenvalue weighted by Gasteiger charge is -2.34. The number of carbonyl (C=O) groups excluding carboxylic acids is 2. The molecule has 2 aromatic carbocycles. The lowest BCUT2D eigenvalue weighted by Crippen LogP contribution is -2.42. The maximum absolute atomic E-state index is 13.5. The predicted molar refractivity (Wildman–Crippen MR) is 124 cm³/mol. The maximum Gasteiger partial charge on any atom is 0.302 e. The molecule has 1 heterocycles. The molecule has 1 aliphatic heterocycles. The maximum atomic E-state index is 13.5. The van der Waals surface area contributed by atoms with E-state index in [0.717, 1.165) is 22.9 Å². The van der Waals surface area contributed by atoms with E-state index in [0.29, 0.717) is 9.80 Å². The van der Waals surface area contributed by atoms with Crippen LogP contribution in [-0.4, -0.2) is 39.5 Å². The van der Waals surface area contributed by atoms with Gasteiger partial charge in [0, 0.05) is 23.6 Å². The van der Waals surface area contributed by atoms with Crippen LogP contribution >= 0.6 is 11.8 Å². The summed E-state index contributed by atoms with van der Waals surface area (Å²) >= 11 is 1.02. The van der Waals surface area contributed by atoms with Crippen molar-refractivity contribution in [1.82, 2.24) is 0 Å². The highest BCUT2D eigenvalue weighted by Gasteiger charge is 2.38. The van der Waals surface area contributed by atoms with Gasteiger partial charge in [0.1, 0.15) is 12.7 Å². The Labute approximate surface area is 194 Å². The number of ether oxygens (including phenoxy) is 3. The Bertz CT molecular complexity index is 987. The molecular formula is C24H26O6S2. The lowest BCUT2D eigenvalue weighted by atomic mass is 10.2. The number of thioether (sulfide) groups is 1. The summed E-state index contributed by atoms with van der Waals surface area (Å²) in [5.74, 6) is -0.440. The van der Waals surface area contributed by atoms with Crippen LogP contribution in [-0.2, 0) is 41.2 Å². The summed E-state index contributed by atoms with van der Waals surface area (Å²) in [7, 11) is -1.54. The fraction of sp³-hybridized carbons (Fsp3) is 0.333. The molecule has 1 aliphatic rings. The van der Waals surface area contributed by atoms with Crippen molar-refractivity contribution in [2.24, 2.45) is 0 Å². The SMILES string of the molecule is CC(=O)OC[C@@H]1C=C(S(=O)c2ccc(C)cc2)[C@H](SC(C)=O)[C@@H](OCc2ccccc2)O1. The highest BCUT2D eigenvalue weighted by Crippen LogP contribution is 2.36. The lowest BCUT2D eigenvalue weighted by molar-refractivity contribution is -0.181. The Morgan fingerprint density at radius 2 is 1.75 bits per heavy atom. The molecule has 3 rings (SSSR count). The van der Waals surface area contributed by atoms with Crippen molar-refractivity contribution in [3.63, 3.8) is 0 Å². The van der Waals surface area contributed by atoms with Crippen molar-refractivity contribution < 1.29 is 28.0 Å². The predicted octanol–water partition coefficient (Wildman–Crippen LogP) is 4.14. The standard InChI is InChI=1S/C24H26O6S2/c1-16-9-11-21(12-10-16)32(27)22-13-20(15-28-17(2)25)30-24(23(22)31-18(3)26)29-14-19-7-5-4-6-8-19/h4-13,20,23-24H,14-15H2,1-3H3/t20-,23-,24-,32?/m0/s1. The first-order valence-electron chi connectivity index (χ1n) is 10.1. The Morgan fingerprint density at radius 3 is 2.38 bits per heavy atom. The van der Waals surface area contributed by atoms with Gasteiger partial charge in [0.05, 0.1) is 22.7 Å². The number of rotatable bonds is 8. The van der Waals surface area contributed by atoms with Crippen molar-refractivity contribution >= 4 is 33.6 Å². The van der Waals surface area contributed by atoms with Crippen LogP contribution in [0.5, 0.6) is 0 Å². The Balaban J connectivity index is 1.91. The summed E-state index contributed by atoms with van der Waals surface area (Å²) in [5.41, 5.74) is 1.99. The van der Waals surface area contributed by atoms with E-state index in [-0.39, 0.29) is 18.3 Å². The van der Waals surface area contributed by atoms with Crippen LogP contribution in [0.2, 0.25) is 0 Å². The van der Waals surface area contributed by atoms with Crippen LogP contribution in [0.3, 0.4) is 0 Å². The molecule has 0 fully saturated rings. The van der Waals surface area contributed by atoms with Gasteiger partial charge in [0.25, 0.3) is 0 Å². The minimum Gasteiger partial charge on any atom is -0.463 e. The monoisotopic (exact) mass is 474 g/mol. The van der Waals surface area contributed by atoms with Crippen molar-refractivity contribution in [3.05, 3.63) is 76.7 Å². The van der Waals surface area contributed by atoms with Gasteiger partial charge in [-0.25, -0.2) is 4.21 Å². The van der Waals surface area contributed by atoms with Crippen LogP contribution < -0.4 is 0 Å². The molecule has 32 heavy (non-hydrogen) atoms. The number of benzene rings is 2. The summed E-state index contributed by atoms with van der Waals surface area (Å²) in [6.45, 7) is 4.95. The van der Waals surface area contributed by atoms with E-state index in [1.165, 1.54) is 13.8 Å². The minimum absolute atomic E-state index is 0.0351. The molecule has 8 heteroatoms. The molecule has 0 spiro atoms. The van der Waals surface area contributed by atoms with Crippen LogP contribution in [0.1, 0.15) is 25.0 Å². The minimum atomic E-state index is -1.54. The zero-order chi connectivity index (χ0) is 23.1. The van der Waals surface area contributed by atoms with Crippen molar-refractivity contribution in [2.75, 3.05) is 6.61 Å². The number of carbonyl (C=O) groups is 2. The van der Waals surface area contributed by atoms with Crippen molar-refractivity contribution in [2.45, 2.75) is 49.9 Å². The summed E-state index contributed by atoms with van der Waals surface area (Å²) in [6, 6.07) is 17.0. The molecule has 170 valence electrons. The average molecular weight is 475 g/mol. The second kappa shape index (κ2) is 11.6. The second-order valence-electron chi connectivity index (χ2n) is 7.32. The smallest absolute Gasteiger partial charge is 0.302 e. The van der Waals surface area contributed by atoms with Gasteiger partial charge in [0.15, 0.2) is 11.4 Å². The van der Waals surface area contributed by atoms with Gasteiger partial charge in [-0.1, -0.05) is 59.8 Å². The highest BCUT2D eigenvalue weighted by atomic mass is 32.2. The zero-order valence-electron chi connectivity index (χ0n) is 18.2. The van der Waals surface area contributed by atoms with Crippen molar-refractivity contribution in [1.29, 1.82) is 0 Å². The normalized spacial score (nSPS) is 21.5. The Hall–Kier alpha value is -2.26. The van der Waals surface area contributed by atoms with Gasteiger partial charge in [-0.05, 0) is 30.7 Å². The quantitative estimate of drug-likeness (QED) is 0.532. The van der Waals surface area contributed by atoms with Crippen LogP contribution in [0, 0.1) is 6.92 Å². The van der Waals surface area contributed by atoms with Gasteiger partial charge >= 0.3 is 5.97 Å². The zero-order valence-corrected chi connectivity index (χ0v) is 19.8. The topological polar surface area (TPSA) is 78.9 Å². The number of hydrogen-bond acceptors (Lipinski definition) is 7. The van der Waals surface area contributed by atoms with Gasteiger partial charge in [-0.2, -0.15) is 0 Å². The third kappa shape index (κ3) is 6.87. The van der Waals surface area contributed by atoms with Crippen molar-refractivity contribution in [3.8, 4) is 0 Å². The first-order chi connectivity index (χ1) is 15.3. The molecule has 0 amide bonds. The number of hydrogen-bond donors (Lipinski definition) is 0. The van der Waals surface area contributed by atoms with Gasteiger partial charge in [-0.15, -0.1) is 0 Å². The van der Waals surface area contributed by atoms with Gasteiger partial charge in [-0.3, -0.25) is 9.59 Å². The molecule has 0 aromatic heterocycles. The molecule has 0 radical (unpaired) electrons. The summed E-state index contributed by atoms with van der Waals surface area (Å²) < 4.78 is 30.7. The highest BCUT2D eigenvalue weighted by molar-refractivity contribution is 8.14. The summed E-state index contributed by atoms with van der Waals surface area (Å²) in [6.07, 6.45) is 0.189. The fourth-order valence-electron chi connectivity index (χ4n) is 3.12. The molecule has 6 nitrogen and oxygen atoms in total. The summed E-state index contributed by atoms with van der Waals surface area (Å²) in [4.78, 5) is 24.5. The molecule has 0 N–H and O–H groups in total. The van der Waals surface area contributed by atoms with E-state index in [1.54, 1.807) is 18.2 Å². The first-order valence-corrected chi connectivity index (χ1v) is 12.2. The van der Waals surface area contributed by atoms with E-state index in [1.807, 2.05) is 49.4 Å². The van der Waals surface area contributed by atoms with Crippen LogP contribution in [0.15, 0.2) is 70.5 Å². The summed E-state index contributed by atoms with van der Waals surface area (Å²) in [5, 5.41) is -0.746. The molecular weight excluding hydrogens is 448 g/mol. The molecule has 1 unspecified atom stereocenters. The molecule has 0 saturated heterocycles. The van der Waals surface area contributed by atoms with E-state index >= 15 is 0 Å². The van der Waals surface area contributed by atoms with Crippen LogP contribution in [0.25, 0.3) is 0 Å². The fourth-order valence-corrected chi connectivity index (χ4v) is 5.58. The molecule has 0 saturated carbocycles. The van der Waals surface area contributed by atoms with E-state index in [2.05, 4.69) is 0 Å². The average Bonchev–Trinajstić information content (AvgIpc) is 2.77. The molecule has 2 aromatic rings. The Morgan fingerprint density at radius 1 is 1.06 bits per heavy atom. The number of aryl methyl sites for hydroxylation is 1. The van der Waals surface area contributed by atoms with E-state index in [4.69, 9.17) is 14.2 Å². The van der Waals surface area contributed by atoms with E-state index in [9.17, 15) is 13.8 Å². The van der Waals surface area contributed by atoms with Gasteiger partial charge < -0.3 is 14.2 Å². The number of esters is 1. The first kappa shape index (κ1) is 24.4. The molecule has 0 bridgehead atoms. The van der Waals surface area contributed by atoms with Gasteiger partial charge in [0.2, 0.25) is 0 Å². The van der Waals surface area contributed by atoms with Crippen LogP contribution in [0.4, 0.5) is 0 Å². The molecule has 0 aliphatic carbocycles. The third-order valence-corrected chi connectivity index (χ3v) is 7.37. The van der Waals surface area contributed by atoms with E-state index < -0.39 is 34.4 Å². The largest absolute Gasteiger partial charge is 0.463 e.